The largest absolute Gasteiger partial charge is 0.383 e. The molecule has 0 spiro atoms. The number of nitrogens with two attached hydrogens (primary N) is 1. The molecule has 1 aliphatic carbocycles. The molecule has 1 aromatic carbocycles. The number of methoxy groups -OCH3 is 1. The summed E-state index contributed by atoms with van der Waals surface area (Å²) in [5.74, 6) is 0. The van der Waals surface area contributed by atoms with Crippen molar-refractivity contribution in [2.75, 3.05) is 26.8 Å². The summed E-state index contributed by atoms with van der Waals surface area (Å²) in [4.78, 5) is 2.50. The summed E-state index contributed by atoms with van der Waals surface area (Å²) in [6.45, 7) is 4.46. The molecule has 1 unspecified atom stereocenters. The van der Waals surface area contributed by atoms with E-state index in [-0.39, 0.29) is 6.04 Å². The van der Waals surface area contributed by atoms with Gasteiger partial charge in [-0.1, -0.05) is 28.1 Å². The summed E-state index contributed by atoms with van der Waals surface area (Å²) in [5.41, 5.74) is 8.60. The van der Waals surface area contributed by atoms with Crippen LogP contribution >= 0.6 is 15.9 Å². The molecular formula is C15H23BrN2O. The molecule has 2 rings (SSSR count). The first-order valence-electron chi connectivity index (χ1n) is 6.88. The summed E-state index contributed by atoms with van der Waals surface area (Å²) in [6, 6.07) is 7.47. The second-order valence-electron chi connectivity index (χ2n) is 5.24. The van der Waals surface area contributed by atoms with Gasteiger partial charge in [-0.2, -0.15) is 0 Å². The predicted molar refractivity (Wildman–Crippen MR) is 82.3 cm³/mol. The smallest absolute Gasteiger partial charge is 0.0590 e. The Balaban J connectivity index is 2.20. The molecule has 0 saturated heterocycles. The van der Waals surface area contributed by atoms with E-state index in [9.17, 15) is 0 Å². The number of benzene rings is 1. The molecule has 0 aliphatic heterocycles. The maximum absolute atomic E-state index is 6.05. The molecule has 0 amide bonds. The van der Waals surface area contributed by atoms with Gasteiger partial charge in [-0.25, -0.2) is 0 Å². The minimum absolute atomic E-state index is 0.276. The van der Waals surface area contributed by atoms with E-state index in [2.05, 4.69) is 46.0 Å². The fourth-order valence-corrected chi connectivity index (χ4v) is 3.30. The molecule has 0 bridgehead atoms. The predicted octanol–water partition coefficient (Wildman–Crippen LogP) is 2.87. The van der Waals surface area contributed by atoms with Gasteiger partial charge in [-0.15, -0.1) is 0 Å². The van der Waals surface area contributed by atoms with E-state index in [4.69, 9.17) is 10.5 Å². The second kappa shape index (κ2) is 6.84. The highest BCUT2D eigenvalue weighted by molar-refractivity contribution is 9.10. The summed E-state index contributed by atoms with van der Waals surface area (Å²) in [7, 11) is 1.75. The van der Waals surface area contributed by atoms with Crippen LogP contribution in [0, 0.1) is 6.92 Å². The third-order valence-corrected chi connectivity index (χ3v) is 4.39. The molecule has 3 nitrogen and oxygen atoms in total. The number of rotatable bonds is 7. The van der Waals surface area contributed by atoms with Crippen molar-refractivity contribution in [1.29, 1.82) is 0 Å². The number of ether oxygens (including phenoxy) is 1. The van der Waals surface area contributed by atoms with Crippen LogP contribution in [0.3, 0.4) is 0 Å². The van der Waals surface area contributed by atoms with E-state index in [0.717, 1.165) is 17.6 Å². The number of aryl methyl sites for hydroxylation is 1. The molecule has 0 radical (unpaired) electrons. The van der Waals surface area contributed by atoms with Gasteiger partial charge in [0.05, 0.1) is 6.61 Å². The van der Waals surface area contributed by atoms with Gasteiger partial charge in [0.2, 0.25) is 0 Å². The van der Waals surface area contributed by atoms with E-state index in [0.29, 0.717) is 12.6 Å². The van der Waals surface area contributed by atoms with E-state index in [1.54, 1.807) is 7.11 Å². The van der Waals surface area contributed by atoms with E-state index < -0.39 is 0 Å². The van der Waals surface area contributed by atoms with Gasteiger partial charge in [0.25, 0.3) is 0 Å². The lowest BCUT2D eigenvalue weighted by Crippen LogP contribution is -2.38. The Morgan fingerprint density at radius 1 is 1.47 bits per heavy atom. The minimum Gasteiger partial charge on any atom is -0.383 e. The Labute approximate surface area is 124 Å². The van der Waals surface area contributed by atoms with E-state index in [1.165, 1.54) is 24.0 Å². The maximum atomic E-state index is 6.05. The van der Waals surface area contributed by atoms with Crippen molar-refractivity contribution in [3.8, 4) is 0 Å². The van der Waals surface area contributed by atoms with Crippen LogP contribution in [0.2, 0.25) is 0 Å². The van der Waals surface area contributed by atoms with Crippen molar-refractivity contribution in [3.63, 3.8) is 0 Å². The van der Waals surface area contributed by atoms with Gasteiger partial charge in [0.15, 0.2) is 0 Å². The first-order valence-corrected chi connectivity index (χ1v) is 7.67. The van der Waals surface area contributed by atoms with Crippen LogP contribution in [0.15, 0.2) is 22.7 Å². The third-order valence-electron chi connectivity index (χ3n) is 3.71. The standard InChI is InChI=1S/C15H23BrN2O/c1-11-3-6-13(14(16)9-11)15(10-17)18(7-8-19-2)12-4-5-12/h3,6,9,12,15H,4-5,7-8,10,17H2,1-2H3. The first kappa shape index (κ1) is 15.0. The maximum Gasteiger partial charge on any atom is 0.0590 e. The van der Waals surface area contributed by atoms with Gasteiger partial charge in [0.1, 0.15) is 0 Å². The molecule has 1 saturated carbocycles. The Hall–Kier alpha value is -0.420. The Morgan fingerprint density at radius 2 is 2.21 bits per heavy atom. The molecule has 4 heteroatoms. The molecule has 2 N–H and O–H groups in total. The third kappa shape index (κ3) is 3.78. The summed E-state index contributed by atoms with van der Waals surface area (Å²) < 4.78 is 6.39. The lowest BCUT2D eigenvalue weighted by Gasteiger charge is -2.32. The molecule has 19 heavy (non-hydrogen) atoms. The second-order valence-corrected chi connectivity index (χ2v) is 6.09. The van der Waals surface area contributed by atoms with Gasteiger partial charge in [0, 0.05) is 36.8 Å². The monoisotopic (exact) mass is 326 g/mol. The van der Waals surface area contributed by atoms with E-state index >= 15 is 0 Å². The molecule has 1 aliphatic rings. The van der Waals surface area contributed by atoms with E-state index in [1.807, 2.05) is 0 Å². The quantitative estimate of drug-likeness (QED) is 0.837. The fourth-order valence-electron chi connectivity index (χ4n) is 2.54. The highest BCUT2D eigenvalue weighted by atomic mass is 79.9. The van der Waals surface area contributed by atoms with Crippen molar-refractivity contribution in [2.45, 2.75) is 31.8 Å². The number of hydrogen-bond acceptors (Lipinski definition) is 3. The van der Waals surface area contributed by atoms with Crippen molar-refractivity contribution in [2.24, 2.45) is 5.73 Å². The lowest BCUT2D eigenvalue weighted by atomic mass is 10.0. The SMILES string of the molecule is COCCN(C1CC1)C(CN)c1ccc(C)cc1Br. The molecule has 0 heterocycles. The zero-order valence-electron chi connectivity index (χ0n) is 11.7. The Bertz CT molecular complexity index is 421. The molecular weight excluding hydrogens is 304 g/mol. The van der Waals surface area contributed by atoms with Crippen LogP contribution in [0.1, 0.15) is 30.0 Å². The van der Waals surface area contributed by atoms with Crippen LogP contribution in [0.5, 0.6) is 0 Å². The number of halogens is 1. The van der Waals surface area contributed by atoms with Gasteiger partial charge in [-0.3, -0.25) is 4.90 Å². The molecule has 1 fully saturated rings. The van der Waals surface area contributed by atoms with Gasteiger partial charge < -0.3 is 10.5 Å². The zero-order valence-corrected chi connectivity index (χ0v) is 13.3. The van der Waals surface area contributed by atoms with Crippen LogP contribution in [0.25, 0.3) is 0 Å². The van der Waals surface area contributed by atoms with Gasteiger partial charge >= 0.3 is 0 Å². The summed E-state index contributed by atoms with van der Waals surface area (Å²) in [6.07, 6.45) is 2.56. The van der Waals surface area contributed by atoms with Crippen molar-refractivity contribution < 1.29 is 4.74 Å². The molecule has 106 valence electrons. The van der Waals surface area contributed by atoms with Crippen molar-refractivity contribution in [3.05, 3.63) is 33.8 Å². The zero-order chi connectivity index (χ0) is 13.8. The fraction of sp³-hybridized carbons (Fsp3) is 0.600. The summed E-state index contributed by atoms with van der Waals surface area (Å²) in [5, 5.41) is 0. The highest BCUT2D eigenvalue weighted by Crippen LogP contribution is 2.36. The topological polar surface area (TPSA) is 38.5 Å². The van der Waals surface area contributed by atoms with Crippen LogP contribution in [-0.4, -0.2) is 37.7 Å². The van der Waals surface area contributed by atoms with Crippen molar-refractivity contribution in [1.82, 2.24) is 4.90 Å². The average Bonchev–Trinajstić information content (AvgIpc) is 3.20. The minimum atomic E-state index is 0.276. The normalized spacial score (nSPS) is 16.9. The number of nitrogens with zero attached hydrogens (tertiary/aromatic N) is 1. The van der Waals surface area contributed by atoms with Crippen LogP contribution in [0.4, 0.5) is 0 Å². The average molecular weight is 327 g/mol. The Morgan fingerprint density at radius 3 is 2.74 bits per heavy atom. The van der Waals surface area contributed by atoms with Crippen LogP contribution in [-0.2, 0) is 4.74 Å². The summed E-state index contributed by atoms with van der Waals surface area (Å²) >= 11 is 3.68. The van der Waals surface area contributed by atoms with Crippen molar-refractivity contribution >= 4 is 15.9 Å². The lowest BCUT2D eigenvalue weighted by molar-refractivity contribution is 0.115. The molecule has 1 atom stereocenters. The highest BCUT2D eigenvalue weighted by Gasteiger charge is 2.34. The first-order chi connectivity index (χ1) is 9.17. The number of hydrogen-bond donors (Lipinski definition) is 1. The Kier molecular flexibility index (Phi) is 5.39. The van der Waals surface area contributed by atoms with Gasteiger partial charge in [-0.05, 0) is 37.0 Å². The van der Waals surface area contributed by atoms with Crippen LogP contribution < -0.4 is 5.73 Å². The molecule has 1 aromatic rings. The molecule has 0 aromatic heterocycles.